The Kier molecular flexibility index (Phi) is 5.69. The Labute approximate surface area is 126 Å². The van der Waals surface area contributed by atoms with Gasteiger partial charge in [0, 0.05) is 15.8 Å². The predicted octanol–water partition coefficient (Wildman–Crippen LogP) is 5.21. The van der Waals surface area contributed by atoms with Crippen molar-refractivity contribution in [3.05, 3.63) is 59.7 Å². The van der Waals surface area contributed by atoms with Gasteiger partial charge in [0.05, 0.1) is 0 Å². The van der Waals surface area contributed by atoms with Gasteiger partial charge in [0.15, 0.2) is 0 Å². The molecule has 1 nitrogen and oxygen atoms in total. The SMILES string of the molecule is CCCNC(C)c1ccccc1Sc1ccc(C)cc1. The zero-order valence-corrected chi connectivity index (χ0v) is 13.3. The van der Waals surface area contributed by atoms with Crippen molar-refractivity contribution in [3.63, 3.8) is 0 Å². The molecule has 0 aromatic heterocycles. The molecule has 0 saturated heterocycles. The van der Waals surface area contributed by atoms with Crippen molar-refractivity contribution < 1.29 is 0 Å². The lowest BCUT2D eigenvalue weighted by atomic mass is 10.1. The molecule has 0 radical (unpaired) electrons. The Balaban J connectivity index is 2.17. The van der Waals surface area contributed by atoms with Gasteiger partial charge in [0.2, 0.25) is 0 Å². The van der Waals surface area contributed by atoms with Gasteiger partial charge in [-0.05, 0) is 50.6 Å². The third-order valence-corrected chi connectivity index (χ3v) is 4.43. The highest BCUT2D eigenvalue weighted by Crippen LogP contribution is 2.33. The maximum Gasteiger partial charge on any atom is 0.0303 e. The monoisotopic (exact) mass is 285 g/mol. The van der Waals surface area contributed by atoms with E-state index in [1.165, 1.54) is 20.9 Å². The summed E-state index contributed by atoms with van der Waals surface area (Å²) in [7, 11) is 0. The van der Waals surface area contributed by atoms with E-state index in [4.69, 9.17) is 0 Å². The van der Waals surface area contributed by atoms with Gasteiger partial charge in [-0.2, -0.15) is 0 Å². The van der Waals surface area contributed by atoms with Crippen LogP contribution in [0.25, 0.3) is 0 Å². The van der Waals surface area contributed by atoms with E-state index in [0.29, 0.717) is 6.04 Å². The van der Waals surface area contributed by atoms with Crippen molar-refractivity contribution >= 4 is 11.8 Å². The van der Waals surface area contributed by atoms with E-state index in [9.17, 15) is 0 Å². The van der Waals surface area contributed by atoms with Crippen LogP contribution in [0.3, 0.4) is 0 Å². The molecule has 0 amide bonds. The molecule has 0 aliphatic rings. The van der Waals surface area contributed by atoms with Crippen LogP contribution in [0, 0.1) is 6.92 Å². The summed E-state index contributed by atoms with van der Waals surface area (Å²) in [5.41, 5.74) is 2.69. The number of benzene rings is 2. The molecule has 0 bridgehead atoms. The molecule has 1 N–H and O–H groups in total. The molecule has 0 aliphatic carbocycles. The molecule has 0 spiro atoms. The summed E-state index contributed by atoms with van der Waals surface area (Å²) in [4.78, 5) is 2.64. The summed E-state index contributed by atoms with van der Waals surface area (Å²) in [6.45, 7) is 7.63. The van der Waals surface area contributed by atoms with E-state index in [1.54, 1.807) is 0 Å². The molecule has 1 atom stereocenters. The van der Waals surface area contributed by atoms with Crippen molar-refractivity contribution in [2.45, 2.75) is 43.0 Å². The molecule has 0 fully saturated rings. The van der Waals surface area contributed by atoms with Gasteiger partial charge in [-0.3, -0.25) is 0 Å². The van der Waals surface area contributed by atoms with Crippen LogP contribution >= 0.6 is 11.8 Å². The molecule has 0 saturated carbocycles. The number of nitrogens with one attached hydrogen (secondary N) is 1. The van der Waals surface area contributed by atoms with Gasteiger partial charge in [-0.1, -0.05) is 54.6 Å². The first kappa shape index (κ1) is 15.1. The lowest BCUT2D eigenvalue weighted by molar-refractivity contribution is 0.564. The second kappa shape index (κ2) is 7.51. The molecule has 2 rings (SSSR count). The maximum atomic E-state index is 3.57. The minimum absolute atomic E-state index is 0.393. The molecule has 0 heterocycles. The van der Waals surface area contributed by atoms with E-state index in [2.05, 4.69) is 74.6 Å². The standard InChI is InChI=1S/C18H23NS/c1-4-13-19-15(3)17-7-5-6-8-18(17)20-16-11-9-14(2)10-12-16/h5-12,15,19H,4,13H2,1-3H3. The van der Waals surface area contributed by atoms with Crippen molar-refractivity contribution in [1.29, 1.82) is 0 Å². The van der Waals surface area contributed by atoms with Gasteiger partial charge in [0.25, 0.3) is 0 Å². The summed E-state index contributed by atoms with van der Waals surface area (Å²) in [5.74, 6) is 0. The van der Waals surface area contributed by atoms with Crippen molar-refractivity contribution in [3.8, 4) is 0 Å². The molecule has 2 heteroatoms. The summed E-state index contributed by atoms with van der Waals surface area (Å²) in [6, 6.07) is 17.8. The largest absolute Gasteiger partial charge is 0.310 e. The molecular weight excluding hydrogens is 262 g/mol. The molecular formula is C18H23NS. The number of rotatable bonds is 6. The first-order chi connectivity index (χ1) is 9.70. The average Bonchev–Trinajstić information content (AvgIpc) is 2.48. The van der Waals surface area contributed by atoms with E-state index < -0.39 is 0 Å². The highest BCUT2D eigenvalue weighted by atomic mass is 32.2. The minimum atomic E-state index is 0.393. The third kappa shape index (κ3) is 4.12. The quantitative estimate of drug-likeness (QED) is 0.782. The Bertz CT molecular complexity index is 533. The van der Waals surface area contributed by atoms with Crippen LogP contribution < -0.4 is 5.32 Å². The maximum absolute atomic E-state index is 3.57. The molecule has 20 heavy (non-hydrogen) atoms. The van der Waals surface area contributed by atoms with Crippen LogP contribution in [-0.4, -0.2) is 6.54 Å². The Hall–Kier alpha value is -1.25. The highest BCUT2D eigenvalue weighted by molar-refractivity contribution is 7.99. The zero-order valence-electron chi connectivity index (χ0n) is 12.5. The highest BCUT2D eigenvalue weighted by Gasteiger charge is 2.10. The third-order valence-electron chi connectivity index (χ3n) is 3.33. The molecule has 0 aliphatic heterocycles. The summed E-state index contributed by atoms with van der Waals surface area (Å²) >= 11 is 1.84. The summed E-state index contributed by atoms with van der Waals surface area (Å²) < 4.78 is 0. The van der Waals surface area contributed by atoms with Crippen LogP contribution in [0.2, 0.25) is 0 Å². The predicted molar refractivity (Wildman–Crippen MR) is 88.5 cm³/mol. The number of hydrogen-bond donors (Lipinski definition) is 1. The van der Waals surface area contributed by atoms with E-state index in [1.807, 2.05) is 11.8 Å². The van der Waals surface area contributed by atoms with Gasteiger partial charge in [-0.25, -0.2) is 0 Å². The molecule has 2 aromatic rings. The lowest BCUT2D eigenvalue weighted by Gasteiger charge is -2.17. The van der Waals surface area contributed by atoms with Crippen LogP contribution in [0.4, 0.5) is 0 Å². The number of hydrogen-bond acceptors (Lipinski definition) is 2. The molecule has 2 aromatic carbocycles. The normalized spacial score (nSPS) is 12.3. The van der Waals surface area contributed by atoms with Crippen molar-refractivity contribution in [1.82, 2.24) is 5.32 Å². The average molecular weight is 285 g/mol. The first-order valence-electron chi connectivity index (χ1n) is 7.27. The Morgan fingerprint density at radius 2 is 1.75 bits per heavy atom. The van der Waals surface area contributed by atoms with Crippen LogP contribution in [0.5, 0.6) is 0 Å². The first-order valence-corrected chi connectivity index (χ1v) is 8.09. The van der Waals surface area contributed by atoms with Gasteiger partial charge in [-0.15, -0.1) is 0 Å². The molecule has 1 unspecified atom stereocenters. The second-order valence-corrected chi connectivity index (χ2v) is 6.24. The minimum Gasteiger partial charge on any atom is -0.310 e. The Morgan fingerprint density at radius 3 is 2.45 bits per heavy atom. The fourth-order valence-electron chi connectivity index (χ4n) is 2.14. The second-order valence-electron chi connectivity index (χ2n) is 5.13. The fourth-order valence-corrected chi connectivity index (χ4v) is 3.17. The van der Waals surface area contributed by atoms with E-state index in [0.717, 1.165) is 13.0 Å². The Morgan fingerprint density at radius 1 is 1.05 bits per heavy atom. The van der Waals surface area contributed by atoms with Crippen molar-refractivity contribution in [2.24, 2.45) is 0 Å². The fraction of sp³-hybridized carbons (Fsp3) is 0.333. The smallest absolute Gasteiger partial charge is 0.0303 e. The van der Waals surface area contributed by atoms with Crippen LogP contribution in [-0.2, 0) is 0 Å². The zero-order chi connectivity index (χ0) is 14.4. The van der Waals surface area contributed by atoms with Gasteiger partial charge >= 0.3 is 0 Å². The van der Waals surface area contributed by atoms with E-state index in [-0.39, 0.29) is 0 Å². The number of aryl methyl sites for hydroxylation is 1. The van der Waals surface area contributed by atoms with Gasteiger partial charge < -0.3 is 5.32 Å². The van der Waals surface area contributed by atoms with Crippen LogP contribution in [0.15, 0.2) is 58.3 Å². The topological polar surface area (TPSA) is 12.0 Å². The van der Waals surface area contributed by atoms with Gasteiger partial charge in [0.1, 0.15) is 0 Å². The van der Waals surface area contributed by atoms with E-state index >= 15 is 0 Å². The molecule has 106 valence electrons. The van der Waals surface area contributed by atoms with Crippen LogP contribution in [0.1, 0.15) is 37.4 Å². The lowest BCUT2D eigenvalue weighted by Crippen LogP contribution is -2.19. The summed E-state index contributed by atoms with van der Waals surface area (Å²) in [5, 5.41) is 3.57. The summed E-state index contributed by atoms with van der Waals surface area (Å²) in [6.07, 6.45) is 1.16. The van der Waals surface area contributed by atoms with Crippen molar-refractivity contribution in [2.75, 3.05) is 6.54 Å².